The van der Waals surface area contributed by atoms with Crippen LogP contribution in [0.25, 0.3) is 10.8 Å². The molecule has 0 aromatic heterocycles. The van der Waals surface area contributed by atoms with Crippen LogP contribution in [0.2, 0.25) is 0 Å². The Balaban J connectivity index is 2.04. The van der Waals surface area contributed by atoms with Gasteiger partial charge in [-0.15, -0.1) is 0 Å². The molecule has 3 rings (SSSR count). The third kappa shape index (κ3) is 2.96. The molecule has 0 unspecified atom stereocenters. The Morgan fingerprint density at radius 1 is 0.875 bits per heavy atom. The van der Waals surface area contributed by atoms with Crippen LogP contribution in [0.1, 0.15) is 29.2 Å². The summed E-state index contributed by atoms with van der Waals surface area (Å²) in [6, 6.07) is 17.3. The van der Waals surface area contributed by atoms with E-state index in [9.17, 15) is 0 Å². The summed E-state index contributed by atoms with van der Waals surface area (Å²) in [7, 11) is 3.40. The van der Waals surface area contributed by atoms with E-state index in [-0.39, 0.29) is 0 Å². The molecule has 0 fully saturated rings. The van der Waals surface area contributed by atoms with Crippen LogP contribution in [0.4, 0.5) is 0 Å². The summed E-state index contributed by atoms with van der Waals surface area (Å²) in [6.45, 7) is 4.35. The van der Waals surface area contributed by atoms with Gasteiger partial charge in [0.2, 0.25) is 0 Å². The zero-order valence-electron chi connectivity index (χ0n) is 14.8. The van der Waals surface area contributed by atoms with Gasteiger partial charge in [-0.2, -0.15) is 0 Å². The highest BCUT2D eigenvalue weighted by atomic mass is 16.5. The van der Waals surface area contributed by atoms with Gasteiger partial charge in [0.25, 0.3) is 0 Å². The highest BCUT2D eigenvalue weighted by Crippen LogP contribution is 2.34. The minimum Gasteiger partial charge on any atom is -0.493 e. The largest absolute Gasteiger partial charge is 0.493 e. The van der Waals surface area contributed by atoms with E-state index < -0.39 is 0 Å². The Bertz CT molecular complexity index is 840. The molecular weight excluding hydrogens is 296 g/mol. The summed E-state index contributed by atoms with van der Waals surface area (Å²) < 4.78 is 11.1. The first-order valence-corrected chi connectivity index (χ1v) is 8.39. The average Bonchev–Trinajstić information content (AvgIpc) is 2.63. The molecule has 0 bridgehead atoms. The molecule has 3 aromatic carbocycles. The van der Waals surface area contributed by atoms with Gasteiger partial charge in [-0.3, -0.25) is 0 Å². The molecule has 0 N–H and O–H groups in total. The third-order valence-electron chi connectivity index (χ3n) is 4.70. The fraction of sp³-hybridized carbons (Fsp3) is 0.273. The van der Waals surface area contributed by atoms with Gasteiger partial charge in [-0.25, -0.2) is 0 Å². The van der Waals surface area contributed by atoms with Gasteiger partial charge in [0.1, 0.15) is 0 Å². The van der Waals surface area contributed by atoms with Crippen LogP contribution in [0.5, 0.6) is 11.5 Å². The van der Waals surface area contributed by atoms with E-state index in [1.165, 1.54) is 33.0 Å². The molecule has 0 spiro atoms. The van der Waals surface area contributed by atoms with Crippen LogP contribution in [-0.4, -0.2) is 14.2 Å². The van der Waals surface area contributed by atoms with Crippen molar-refractivity contribution in [1.29, 1.82) is 0 Å². The molecule has 3 aromatic rings. The summed E-state index contributed by atoms with van der Waals surface area (Å²) in [5.74, 6) is 1.66. The Morgan fingerprint density at radius 3 is 2.38 bits per heavy atom. The summed E-state index contributed by atoms with van der Waals surface area (Å²) in [5, 5.41) is 2.62. The lowest BCUT2D eigenvalue weighted by molar-refractivity contribution is 0.351. The monoisotopic (exact) mass is 320 g/mol. The van der Waals surface area contributed by atoms with Gasteiger partial charge in [0.05, 0.1) is 14.2 Å². The normalized spacial score (nSPS) is 10.8. The fourth-order valence-electron chi connectivity index (χ4n) is 3.35. The van der Waals surface area contributed by atoms with E-state index in [0.717, 1.165) is 24.3 Å². The Labute approximate surface area is 144 Å². The maximum Gasteiger partial charge on any atom is 0.163 e. The minimum atomic E-state index is 0.810. The van der Waals surface area contributed by atoms with Gasteiger partial charge in [0.15, 0.2) is 11.5 Å². The molecule has 0 saturated heterocycles. The summed E-state index contributed by atoms with van der Waals surface area (Å²) >= 11 is 0. The van der Waals surface area contributed by atoms with E-state index in [4.69, 9.17) is 9.47 Å². The van der Waals surface area contributed by atoms with Crippen molar-refractivity contribution in [2.24, 2.45) is 0 Å². The number of rotatable bonds is 5. The summed E-state index contributed by atoms with van der Waals surface area (Å²) in [4.78, 5) is 0. The SMILES string of the molecule is CCc1cc(Cc2ccc3ccccc3c2C)cc(OC)c1OC. The van der Waals surface area contributed by atoms with Crippen molar-refractivity contribution in [2.75, 3.05) is 14.2 Å². The highest BCUT2D eigenvalue weighted by molar-refractivity contribution is 5.86. The molecule has 0 aliphatic rings. The van der Waals surface area contributed by atoms with Crippen LogP contribution >= 0.6 is 0 Å². The molecule has 24 heavy (non-hydrogen) atoms. The predicted octanol–water partition coefficient (Wildman–Crippen LogP) is 5.32. The van der Waals surface area contributed by atoms with Gasteiger partial charge in [-0.05, 0) is 58.9 Å². The number of methoxy groups -OCH3 is 2. The van der Waals surface area contributed by atoms with Crippen molar-refractivity contribution in [2.45, 2.75) is 26.7 Å². The number of ether oxygens (including phenoxy) is 2. The molecule has 2 nitrogen and oxygen atoms in total. The average molecular weight is 320 g/mol. The molecular formula is C22H24O2. The Kier molecular flexibility index (Phi) is 4.75. The number of hydrogen-bond donors (Lipinski definition) is 0. The fourth-order valence-corrected chi connectivity index (χ4v) is 3.35. The van der Waals surface area contributed by atoms with Crippen molar-refractivity contribution in [1.82, 2.24) is 0 Å². The number of fused-ring (bicyclic) bond motifs is 1. The van der Waals surface area contributed by atoms with Crippen LogP contribution in [-0.2, 0) is 12.8 Å². The molecule has 124 valence electrons. The maximum atomic E-state index is 5.53. The first kappa shape index (κ1) is 16.4. The van der Waals surface area contributed by atoms with Gasteiger partial charge in [0, 0.05) is 0 Å². The molecule has 0 amide bonds. The summed E-state index contributed by atoms with van der Waals surface area (Å²) in [6.07, 6.45) is 1.81. The van der Waals surface area contributed by atoms with E-state index in [1.54, 1.807) is 14.2 Å². The Hall–Kier alpha value is -2.48. The van der Waals surface area contributed by atoms with E-state index in [1.807, 2.05) is 0 Å². The molecule has 0 aliphatic heterocycles. The number of benzene rings is 3. The van der Waals surface area contributed by atoms with Crippen LogP contribution in [0, 0.1) is 6.92 Å². The highest BCUT2D eigenvalue weighted by Gasteiger charge is 2.12. The maximum absolute atomic E-state index is 5.53. The van der Waals surface area contributed by atoms with Gasteiger partial charge >= 0.3 is 0 Å². The van der Waals surface area contributed by atoms with Crippen molar-refractivity contribution >= 4 is 10.8 Å². The number of hydrogen-bond acceptors (Lipinski definition) is 2. The van der Waals surface area contributed by atoms with Gasteiger partial charge in [-0.1, -0.05) is 49.4 Å². The zero-order chi connectivity index (χ0) is 17.1. The van der Waals surface area contributed by atoms with Crippen LogP contribution in [0.15, 0.2) is 48.5 Å². The first-order valence-electron chi connectivity index (χ1n) is 8.39. The second-order valence-corrected chi connectivity index (χ2v) is 6.09. The molecule has 2 heteroatoms. The molecule has 0 radical (unpaired) electrons. The number of aryl methyl sites for hydroxylation is 2. The van der Waals surface area contributed by atoms with Crippen molar-refractivity contribution < 1.29 is 9.47 Å². The van der Waals surface area contributed by atoms with E-state index >= 15 is 0 Å². The lowest BCUT2D eigenvalue weighted by atomic mass is 9.94. The summed E-state index contributed by atoms with van der Waals surface area (Å²) in [5.41, 5.74) is 5.14. The van der Waals surface area contributed by atoms with E-state index in [2.05, 4.69) is 62.4 Å². The zero-order valence-corrected chi connectivity index (χ0v) is 14.8. The lowest BCUT2D eigenvalue weighted by Crippen LogP contribution is -1.99. The first-order chi connectivity index (χ1) is 11.7. The molecule has 0 atom stereocenters. The van der Waals surface area contributed by atoms with Crippen molar-refractivity contribution in [3.05, 3.63) is 70.8 Å². The lowest BCUT2D eigenvalue weighted by Gasteiger charge is -2.15. The topological polar surface area (TPSA) is 18.5 Å². The predicted molar refractivity (Wildman–Crippen MR) is 100 cm³/mol. The second kappa shape index (κ2) is 6.96. The molecule has 0 aliphatic carbocycles. The third-order valence-corrected chi connectivity index (χ3v) is 4.70. The molecule has 0 saturated carbocycles. The van der Waals surface area contributed by atoms with Crippen molar-refractivity contribution in [3.8, 4) is 11.5 Å². The van der Waals surface area contributed by atoms with Crippen LogP contribution < -0.4 is 9.47 Å². The van der Waals surface area contributed by atoms with Gasteiger partial charge < -0.3 is 9.47 Å². The standard InChI is InChI=1S/C22H24O2/c1-5-17-12-16(14-21(23-3)22(17)24-4)13-19-11-10-18-8-6-7-9-20(18)15(19)2/h6-12,14H,5,13H2,1-4H3. The van der Waals surface area contributed by atoms with Crippen molar-refractivity contribution in [3.63, 3.8) is 0 Å². The second-order valence-electron chi connectivity index (χ2n) is 6.09. The van der Waals surface area contributed by atoms with Crippen LogP contribution in [0.3, 0.4) is 0 Å². The Morgan fingerprint density at radius 2 is 1.67 bits per heavy atom. The smallest absolute Gasteiger partial charge is 0.163 e. The molecule has 0 heterocycles. The quantitative estimate of drug-likeness (QED) is 0.633. The minimum absolute atomic E-state index is 0.810. The van der Waals surface area contributed by atoms with E-state index in [0.29, 0.717) is 0 Å².